The molecular weight excluding hydrogens is 530 g/mol. The van der Waals surface area contributed by atoms with Crippen molar-refractivity contribution in [2.24, 2.45) is 34.0 Å². The van der Waals surface area contributed by atoms with Crippen molar-refractivity contribution in [2.45, 2.75) is 97.6 Å². The topological polar surface area (TPSA) is 129 Å². The third-order valence-corrected chi connectivity index (χ3v) is 10.2. The molecule has 0 aromatic rings. The number of aliphatic hydroxyl groups excluding tert-OH is 1. The first-order chi connectivity index (χ1) is 18.9. The second-order valence-electron chi connectivity index (χ2n) is 14.3. The number of fused-ring (bicyclic) bond motifs is 3. The van der Waals surface area contributed by atoms with Crippen LogP contribution in [0.25, 0.3) is 0 Å². The van der Waals surface area contributed by atoms with E-state index in [9.17, 15) is 24.3 Å². The van der Waals surface area contributed by atoms with Crippen molar-refractivity contribution in [1.29, 1.82) is 0 Å². The number of esters is 2. The molecule has 0 unspecified atom stereocenters. The number of hydrogen-bond donors (Lipinski definition) is 1. The maximum Gasteiger partial charge on any atom is 0.410 e. The monoisotopic (exact) mass is 577 g/mol. The molecule has 10 heteroatoms. The van der Waals surface area contributed by atoms with Crippen LogP contribution in [-0.2, 0) is 33.3 Å². The zero-order chi connectivity index (χ0) is 30.7. The quantitative estimate of drug-likeness (QED) is 0.286. The molecule has 41 heavy (non-hydrogen) atoms. The molecule has 0 heterocycles. The summed E-state index contributed by atoms with van der Waals surface area (Å²) in [6.07, 6.45) is -0.100. The van der Waals surface area contributed by atoms with E-state index in [0.717, 1.165) is 17.7 Å². The molecular formula is C31H47NO9. The number of ether oxygens (including phenoxy) is 4. The van der Waals surface area contributed by atoms with Crippen molar-refractivity contribution in [3.63, 3.8) is 0 Å². The Hall–Kier alpha value is -2.46. The second kappa shape index (κ2) is 10.7. The summed E-state index contributed by atoms with van der Waals surface area (Å²) in [5.41, 5.74) is -2.74. The minimum Gasteiger partial charge on any atom is -0.465 e. The lowest BCUT2D eigenvalue weighted by Gasteiger charge is -2.67. The van der Waals surface area contributed by atoms with Gasteiger partial charge in [0.1, 0.15) is 23.7 Å². The van der Waals surface area contributed by atoms with Gasteiger partial charge >= 0.3 is 18.0 Å². The second-order valence-corrected chi connectivity index (χ2v) is 14.3. The van der Waals surface area contributed by atoms with E-state index < -0.39 is 64.6 Å². The Morgan fingerprint density at radius 3 is 2.39 bits per heavy atom. The van der Waals surface area contributed by atoms with Crippen LogP contribution in [0, 0.1) is 34.0 Å². The van der Waals surface area contributed by atoms with E-state index in [1.165, 1.54) is 14.0 Å². The summed E-state index contributed by atoms with van der Waals surface area (Å²) in [7, 11) is 2.99. The highest BCUT2D eigenvalue weighted by atomic mass is 16.6. The van der Waals surface area contributed by atoms with Gasteiger partial charge in [-0.2, -0.15) is 0 Å². The Balaban J connectivity index is 1.77. The van der Waals surface area contributed by atoms with Gasteiger partial charge in [0.15, 0.2) is 5.78 Å². The lowest BCUT2D eigenvalue weighted by molar-refractivity contribution is -0.272. The summed E-state index contributed by atoms with van der Waals surface area (Å²) >= 11 is 0. The van der Waals surface area contributed by atoms with Gasteiger partial charge in [-0.05, 0) is 63.4 Å². The number of methoxy groups -OCH3 is 1. The van der Waals surface area contributed by atoms with Gasteiger partial charge in [-0.3, -0.25) is 14.4 Å². The maximum atomic E-state index is 14.4. The molecule has 0 aromatic heterocycles. The fourth-order valence-electron chi connectivity index (χ4n) is 8.86. The number of carbonyl (C=O) groups is 4. The van der Waals surface area contributed by atoms with Crippen LogP contribution in [0.3, 0.4) is 0 Å². The number of rotatable bonds is 6. The number of carbonyl (C=O) groups excluding carboxylic acids is 4. The van der Waals surface area contributed by atoms with Crippen LogP contribution in [-0.4, -0.2) is 85.0 Å². The molecule has 1 N–H and O–H groups in total. The van der Waals surface area contributed by atoms with E-state index in [0.29, 0.717) is 18.4 Å². The molecule has 0 aliphatic heterocycles. The lowest BCUT2D eigenvalue weighted by atomic mass is 9.39. The molecule has 0 aromatic carbocycles. The van der Waals surface area contributed by atoms with E-state index in [1.807, 2.05) is 0 Å². The Labute approximate surface area is 243 Å². The Bertz CT molecular complexity index is 1110. The average molecular weight is 578 g/mol. The Morgan fingerprint density at radius 1 is 1.15 bits per heavy atom. The maximum absolute atomic E-state index is 14.4. The molecule has 8 atom stereocenters. The van der Waals surface area contributed by atoms with Crippen LogP contribution < -0.4 is 0 Å². The van der Waals surface area contributed by atoms with Gasteiger partial charge in [0.05, 0.1) is 18.8 Å². The molecule has 1 spiro atoms. The van der Waals surface area contributed by atoms with Gasteiger partial charge in [0, 0.05) is 38.3 Å². The van der Waals surface area contributed by atoms with Crippen molar-refractivity contribution >= 4 is 23.8 Å². The van der Waals surface area contributed by atoms with Gasteiger partial charge in [-0.15, -0.1) is 0 Å². The average Bonchev–Trinajstić information content (AvgIpc) is 2.97. The zero-order valence-corrected chi connectivity index (χ0v) is 25.8. The van der Waals surface area contributed by atoms with Crippen molar-refractivity contribution in [2.75, 3.05) is 27.3 Å². The SMILES string of the molecule is C=C1C(=O)[C@]23[C@H](OC(=O)CN(C)C(=O)OC(C)(C)C)[C@H]1C[C@H](O)[C@H]2[C@]1(COC(C)=O)CCCC(C)(C)[C@H]1C[C@H]3OC. The smallest absolute Gasteiger partial charge is 0.410 e. The van der Waals surface area contributed by atoms with Crippen LogP contribution >= 0.6 is 0 Å². The van der Waals surface area contributed by atoms with E-state index in [1.54, 1.807) is 27.9 Å². The lowest BCUT2D eigenvalue weighted by Crippen LogP contribution is -2.72. The summed E-state index contributed by atoms with van der Waals surface area (Å²) in [4.78, 5) is 53.5. The third kappa shape index (κ3) is 5.09. The summed E-state index contributed by atoms with van der Waals surface area (Å²) in [5.74, 6) is -2.70. The minimum atomic E-state index is -1.40. The fraction of sp³-hybridized carbons (Fsp3) is 0.806. The highest BCUT2D eigenvalue weighted by Crippen LogP contribution is 2.72. The number of aliphatic hydroxyl groups is 1. The molecule has 4 saturated carbocycles. The van der Waals surface area contributed by atoms with Crippen LogP contribution in [0.1, 0.15) is 73.6 Å². The molecule has 230 valence electrons. The predicted octanol–water partition coefficient (Wildman–Crippen LogP) is 3.68. The fourth-order valence-corrected chi connectivity index (χ4v) is 8.86. The number of nitrogens with zero attached hydrogens (tertiary/aromatic N) is 1. The molecule has 0 radical (unpaired) electrons. The van der Waals surface area contributed by atoms with Gasteiger partial charge in [-0.25, -0.2) is 4.79 Å². The Kier molecular flexibility index (Phi) is 8.19. The zero-order valence-electron chi connectivity index (χ0n) is 25.8. The third-order valence-electron chi connectivity index (χ3n) is 10.2. The highest BCUT2D eigenvalue weighted by molar-refractivity contribution is 6.05. The largest absolute Gasteiger partial charge is 0.465 e. The predicted molar refractivity (Wildman–Crippen MR) is 149 cm³/mol. The molecule has 1 amide bonds. The first kappa shape index (κ1) is 31.5. The first-order valence-electron chi connectivity index (χ1n) is 14.6. The number of hydrogen-bond acceptors (Lipinski definition) is 9. The normalized spacial score (nSPS) is 37.5. The summed E-state index contributed by atoms with van der Waals surface area (Å²) in [6.45, 7) is 14.7. The first-order valence-corrected chi connectivity index (χ1v) is 14.6. The van der Waals surface area contributed by atoms with E-state index in [4.69, 9.17) is 18.9 Å². The number of amides is 1. The molecule has 4 aliphatic rings. The van der Waals surface area contributed by atoms with Gasteiger partial charge in [-0.1, -0.05) is 26.8 Å². The molecule has 4 rings (SSSR count). The van der Waals surface area contributed by atoms with Crippen LogP contribution in [0.4, 0.5) is 4.79 Å². The molecule has 4 fully saturated rings. The Morgan fingerprint density at radius 2 is 1.80 bits per heavy atom. The van der Waals surface area contributed by atoms with E-state index in [2.05, 4.69) is 20.4 Å². The van der Waals surface area contributed by atoms with E-state index >= 15 is 0 Å². The van der Waals surface area contributed by atoms with Gasteiger partial charge in [0.2, 0.25) is 0 Å². The standard InChI is InChI=1S/C31H47NO9/c1-17-19-13-20(34)24-30(16-39-18(2)33)12-10-11-29(6,7)21(30)14-22(38-9)31(24,25(17)36)26(19)40-23(35)15-32(8)27(37)41-28(3,4)5/h19-22,24,26,34H,1,10-16H2,2-9H3/t19-,20-,21+,22+,24-,26+,30-,31+/m0/s1. The molecule has 4 aliphatic carbocycles. The van der Waals surface area contributed by atoms with Gasteiger partial charge < -0.3 is 29.0 Å². The molecule has 2 bridgehead atoms. The number of ketones is 1. The molecule has 0 saturated heterocycles. The number of likely N-dealkylation sites (N-methyl/N-ethyl adjacent to an activating group) is 1. The summed E-state index contributed by atoms with van der Waals surface area (Å²) < 4.78 is 23.3. The van der Waals surface area contributed by atoms with Crippen LogP contribution in [0.5, 0.6) is 0 Å². The van der Waals surface area contributed by atoms with E-state index in [-0.39, 0.29) is 36.7 Å². The van der Waals surface area contributed by atoms with Gasteiger partial charge in [0.25, 0.3) is 0 Å². The van der Waals surface area contributed by atoms with Crippen molar-refractivity contribution in [3.8, 4) is 0 Å². The molecule has 10 nitrogen and oxygen atoms in total. The summed E-state index contributed by atoms with van der Waals surface area (Å²) in [6, 6.07) is 0. The summed E-state index contributed by atoms with van der Waals surface area (Å²) in [5, 5.41) is 11.8. The number of Topliss-reactive ketones (excluding diaryl/α,β-unsaturated/α-hetero) is 1. The minimum absolute atomic E-state index is 0.0220. The highest BCUT2D eigenvalue weighted by Gasteiger charge is 2.78. The van der Waals surface area contributed by atoms with Crippen molar-refractivity contribution in [3.05, 3.63) is 12.2 Å². The van der Waals surface area contributed by atoms with Crippen LogP contribution in [0.2, 0.25) is 0 Å². The van der Waals surface area contributed by atoms with Crippen molar-refractivity contribution < 1.29 is 43.2 Å². The van der Waals surface area contributed by atoms with Crippen LogP contribution in [0.15, 0.2) is 12.2 Å². The van der Waals surface area contributed by atoms with Crippen molar-refractivity contribution in [1.82, 2.24) is 4.90 Å².